The highest BCUT2D eigenvalue weighted by atomic mass is 79.9. The molecule has 200 valence electrons. The van der Waals surface area contributed by atoms with Crippen LogP contribution in [0, 0.1) is 5.92 Å². The van der Waals surface area contributed by atoms with Crippen molar-refractivity contribution in [3.05, 3.63) is 72.9 Å². The minimum Gasteiger partial charge on any atom is -0.367 e. The van der Waals surface area contributed by atoms with Gasteiger partial charge in [0.2, 0.25) is 11.5 Å². The third kappa shape index (κ3) is 5.87. The molecule has 2 aliphatic rings. The van der Waals surface area contributed by atoms with E-state index in [9.17, 15) is 14.4 Å². The molecule has 1 saturated heterocycles. The molecule has 3 aromatic rings. The van der Waals surface area contributed by atoms with E-state index in [-0.39, 0.29) is 22.9 Å². The van der Waals surface area contributed by atoms with Gasteiger partial charge in [-0.2, -0.15) is 0 Å². The lowest BCUT2D eigenvalue weighted by Crippen LogP contribution is -2.61. The van der Waals surface area contributed by atoms with Gasteiger partial charge in [0.1, 0.15) is 6.04 Å². The van der Waals surface area contributed by atoms with E-state index in [1.54, 1.807) is 23.1 Å². The van der Waals surface area contributed by atoms with E-state index < -0.39 is 6.04 Å². The fraction of sp³-hybridized carbons (Fsp3) is 0.393. The largest absolute Gasteiger partial charge is 0.367 e. The molecule has 2 heterocycles. The van der Waals surface area contributed by atoms with Crippen LogP contribution >= 0.6 is 39.1 Å². The summed E-state index contributed by atoms with van der Waals surface area (Å²) in [5.74, 6) is -0.0737. The second kappa shape index (κ2) is 11.7. The summed E-state index contributed by atoms with van der Waals surface area (Å²) in [5, 5.41) is 4.64. The first-order chi connectivity index (χ1) is 18.3. The van der Waals surface area contributed by atoms with Crippen LogP contribution in [-0.4, -0.2) is 53.9 Å². The van der Waals surface area contributed by atoms with E-state index in [0.29, 0.717) is 53.0 Å². The molecule has 2 amide bonds. The summed E-state index contributed by atoms with van der Waals surface area (Å²) in [7, 11) is 0. The van der Waals surface area contributed by atoms with E-state index in [1.165, 1.54) is 25.3 Å². The number of nitrogens with one attached hydrogen (secondary N) is 2. The summed E-state index contributed by atoms with van der Waals surface area (Å²) in [5.41, 5.74) is 1.31. The molecule has 1 unspecified atom stereocenters. The molecule has 1 aliphatic carbocycles. The number of benzene rings is 2. The Morgan fingerprint density at radius 2 is 1.79 bits per heavy atom. The molecule has 1 aromatic heterocycles. The van der Waals surface area contributed by atoms with Crippen LogP contribution in [0.15, 0.2) is 51.7 Å². The highest BCUT2D eigenvalue weighted by Crippen LogP contribution is 2.30. The standard InChI is InChI=1S/C28H29BrCl2N4O3/c29-18-6-9-24-20(12-18)21(14-26(36)33-24)28(38)35-11-10-34(19-7-8-22(30)23(31)13-19)16-25(35)27(37)32-15-17-4-2-1-3-5-17/h6-9,12-14,17,25H,1-5,10-11,15-16H2,(H,32,37)(H,33,36). The van der Waals surface area contributed by atoms with Crippen molar-refractivity contribution >= 4 is 67.5 Å². The van der Waals surface area contributed by atoms with Crippen molar-refractivity contribution in [1.29, 1.82) is 0 Å². The Bertz CT molecular complexity index is 1420. The Morgan fingerprint density at radius 1 is 1.00 bits per heavy atom. The Balaban J connectivity index is 1.45. The summed E-state index contributed by atoms with van der Waals surface area (Å²) < 4.78 is 0.789. The molecular weight excluding hydrogens is 591 g/mol. The first-order valence-corrected chi connectivity index (χ1v) is 14.5. The van der Waals surface area contributed by atoms with Crippen LogP contribution < -0.4 is 15.8 Å². The predicted molar refractivity (Wildman–Crippen MR) is 155 cm³/mol. The zero-order valence-electron chi connectivity index (χ0n) is 20.8. The number of rotatable bonds is 5. The van der Waals surface area contributed by atoms with E-state index in [4.69, 9.17) is 23.2 Å². The number of hydrogen-bond acceptors (Lipinski definition) is 4. The van der Waals surface area contributed by atoms with E-state index in [1.807, 2.05) is 23.1 Å². The van der Waals surface area contributed by atoms with Gasteiger partial charge in [-0.25, -0.2) is 0 Å². The van der Waals surface area contributed by atoms with Gasteiger partial charge in [0.15, 0.2) is 0 Å². The number of aromatic amines is 1. The molecule has 2 aromatic carbocycles. The first kappa shape index (κ1) is 27.0. The maximum atomic E-state index is 14.0. The van der Waals surface area contributed by atoms with Gasteiger partial charge in [-0.1, -0.05) is 58.4 Å². The molecule has 2 N–H and O–H groups in total. The molecule has 10 heteroatoms. The quantitative estimate of drug-likeness (QED) is 0.388. The second-order valence-corrected chi connectivity index (χ2v) is 11.8. The van der Waals surface area contributed by atoms with Crippen LogP contribution in [0.25, 0.3) is 10.9 Å². The molecule has 1 aliphatic heterocycles. The summed E-state index contributed by atoms with van der Waals surface area (Å²) >= 11 is 15.9. The van der Waals surface area contributed by atoms with Gasteiger partial charge in [0.05, 0.1) is 15.6 Å². The van der Waals surface area contributed by atoms with Crippen LogP contribution in [0.1, 0.15) is 42.5 Å². The smallest absolute Gasteiger partial charge is 0.255 e. The van der Waals surface area contributed by atoms with E-state index in [2.05, 4.69) is 26.2 Å². The van der Waals surface area contributed by atoms with Crippen molar-refractivity contribution in [3.63, 3.8) is 0 Å². The van der Waals surface area contributed by atoms with Crippen molar-refractivity contribution in [3.8, 4) is 0 Å². The number of carbonyl (C=O) groups is 2. The SMILES string of the molecule is O=C(NCC1CCCCC1)C1CN(c2ccc(Cl)c(Cl)c2)CCN1C(=O)c1cc(=O)[nH]c2ccc(Br)cc12. The molecule has 38 heavy (non-hydrogen) atoms. The molecule has 5 rings (SSSR count). The number of hydrogen-bond donors (Lipinski definition) is 2. The molecule has 7 nitrogen and oxygen atoms in total. The number of halogens is 3. The molecule has 0 spiro atoms. The van der Waals surface area contributed by atoms with Crippen LogP contribution in [0.2, 0.25) is 10.0 Å². The highest BCUT2D eigenvalue weighted by molar-refractivity contribution is 9.10. The Morgan fingerprint density at radius 3 is 2.55 bits per heavy atom. The molecule has 0 radical (unpaired) electrons. The second-order valence-electron chi connectivity index (χ2n) is 10.0. The number of piperazine rings is 1. The molecule has 0 bridgehead atoms. The van der Waals surface area contributed by atoms with E-state index in [0.717, 1.165) is 23.0 Å². The normalized spacial score (nSPS) is 18.6. The van der Waals surface area contributed by atoms with Gasteiger partial charge in [-0.05, 0) is 55.2 Å². The fourth-order valence-corrected chi connectivity index (χ4v) is 6.13. The number of aromatic nitrogens is 1. The Labute approximate surface area is 239 Å². The lowest BCUT2D eigenvalue weighted by atomic mass is 9.89. The average molecular weight is 620 g/mol. The monoisotopic (exact) mass is 618 g/mol. The summed E-state index contributed by atoms with van der Waals surface area (Å²) in [6, 6.07) is 11.3. The minimum atomic E-state index is -0.740. The van der Waals surface area contributed by atoms with Gasteiger partial charge in [-0.15, -0.1) is 0 Å². The molecule has 1 atom stereocenters. The van der Waals surface area contributed by atoms with Crippen molar-refractivity contribution in [1.82, 2.24) is 15.2 Å². The lowest BCUT2D eigenvalue weighted by Gasteiger charge is -2.42. The molecule has 2 fully saturated rings. The summed E-state index contributed by atoms with van der Waals surface area (Å²) in [4.78, 5) is 46.4. The third-order valence-electron chi connectivity index (χ3n) is 7.54. The lowest BCUT2D eigenvalue weighted by molar-refractivity contribution is -0.126. The fourth-order valence-electron chi connectivity index (χ4n) is 5.48. The van der Waals surface area contributed by atoms with Crippen molar-refractivity contribution in [2.45, 2.75) is 38.1 Å². The zero-order chi connectivity index (χ0) is 26.8. The van der Waals surface area contributed by atoms with Crippen LogP contribution in [0.4, 0.5) is 5.69 Å². The summed E-state index contributed by atoms with van der Waals surface area (Å²) in [6.45, 7) is 1.71. The predicted octanol–water partition coefficient (Wildman–Crippen LogP) is 5.62. The first-order valence-electron chi connectivity index (χ1n) is 12.9. The zero-order valence-corrected chi connectivity index (χ0v) is 23.9. The number of anilines is 1. The van der Waals surface area contributed by atoms with Gasteiger partial charge >= 0.3 is 0 Å². The van der Waals surface area contributed by atoms with Crippen LogP contribution in [0.5, 0.6) is 0 Å². The number of pyridine rings is 1. The van der Waals surface area contributed by atoms with Gasteiger partial charge < -0.3 is 20.1 Å². The highest BCUT2D eigenvalue weighted by Gasteiger charge is 2.37. The number of nitrogens with zero attached hydrogens (tertiary/aromatic N) is 2. The van der Waals surface area contributed by atoms with Crippen molar-refractivity contribution in [2.24, 2.45) is 5.92 Å². The van der Waals surface area contributed by atoms with Gasteiger partial charge in [0.25, 0.3) is 5.91 Å². The number of amides is 2. The Hall–Kier alpha value is -2.55. The Kier molecular flexibility index (Phi) is 8.31. The van der Waals surface area contributed by atoms with Gasteiger partial charge in [0, 0.05) is 53.3 Å². The van der Waals surface area contributed by atoms with Crippen LogP contribution in [0.3, 0.4) is 0 Å². The van der Waals surface area contributed by atoms with Crippen molar-refractivity contribution < 1.29 is 9.59 Å². The molecule has 1 saturated carbocycles. The third-order valence-corrected chi connectivity index (χ3v) is 8.77. The number of carbonyl (C=O) groups excluding carboxylic acids is 2. The maximum absolute atomic E-state index is 14.0. The minimum absolute atomic E-state index is 0.191. The molecular formula is C28H29BrCl2N4O3. The topological polar surface area (TPSA) is 85.5 Å². The average Bonchev–Trinajstić information content (AvgIpc) is 2.93. The number of fused-ring (bicyclic) bond motifs is 1. The van der Waals surface area contributed by atoms with E-state index >= 15 is 0 Å². The maximum Gasteiger partial charge on any atom is 0.255 e. The summed E-state index contributed by atoms with van der Waals surface area (Å²) in [6.07, 6.45) is 5.83. The number of H-pyrrole nitrogens is 1. The van der Waals surface area contributed by atoms with Gasteiger partial charge in [-0.3, -0.25) is 14.4 Å². The van der Waals surface area contributed by atoms with Crippen LogP contribution in [-0.2, 0) is 4.79 Å². The van der Waals surface area contributed by atoms with Crippen molar-refractivity contribution in [2.75, 3.05) is 31.1 Å².